The molecule has 1 fully saturated rings. The molecule has 1 aliphatic rings. The fourth-order valence-electron chi connectivity index (χ4n) is 2.54. The molecular weight excluding hydrogens is 317 g/mol. The van der Waals surface area contributed by atoms with Gasteiger partial charge in [-0.15, -0.1) is 0 Å². The number of hydrogen-bond donors (Lipinski definition) is 1. The zero-order valence-electron chi connectivity index (χ0n) is 13.0. The number of nitrogens with zero attached hydrogens (tertiary/aromatic N) is 4. The van der Waals surface area contributed by atoms with E-state index in [-0.39, 0.29) is 11.4 Å². The van der Waals surface area contributed by atoms with E-state index in [2.05, 4.69) is 15.3 Å². The first-order valence-electron chi connectivity index (χ1n) is 7.65. The van der Waals surface area contributed by atoms with Crippen molar-refractivity contribution in [3.63, 3.8) is 0 Å². The summed E-state index contributed by atoms with van der Waals surface area (Å²) in [6.07, 6.45) is 3.36. The van der Waals surface area contributed by atoms with E-state index in [0.29, 0.717) is 12.2 Å². The Morgan fingerprint density at radius 2 is 2.12 bits per heavy atom. The number of nitro benzene ring substituents is 1. The molecule has 3 rings (SSSR count). The van der Waals surface area contributed by atoms with E-state index in [0.717, 1.165) is 38.9 Å². The first kappa shape index (κ1) is 16.3. The highest BCUT2D eigenvalue weighted by atomic mass is 19.1. The molecular formula is C15H18FN5O3. The van der Waals surface area contributed by atoms with Crippen molar-refractivity contribution < 1.29 is 14.1 Å². The fraction of sp³-hybridized carbons (Fsp3) is 0.400. The monoisotopic (exact) mass is 335 g/mol. The van der Waals surface area contributed by atoms with Crippen LogP contribution in [-0.2, 0) is 11.3 Å². The molecule has 0 bridgehead atoms. The summed E-state index contributed by atoms with van der Waals surface area (Å²) in [6.45, 7) is 4.90. The number of rotatable bonds is 6. The average Bonchev–Trinajstić information content (AvgIpc) is 3.03. The first-order valence-corrected chi connectivity index (χ1v) is 7.65. The number of halogens is 1. The molecule has 1 saturated heterocycles. The van der Waals surface area contributed by atoms with Gasteiger partial charge in [0.05, 0.1) is 42.6 Å². The second-order valence-corrected chi connectivity index (χ2v) is 5.49. The van der Waals surface area contributed by atoms with Gasteiger partial charge in [-0.05, 0) is 12.1 Å². The van der Waals surface area contributed by atoms with Gasteiger partial charge in [-0.3, -0.25) is 19.7 Å². The Balaban J connectivity index is 1.62. The zero-order chi connectivity index (χ0) is 16.9. The lowest BCUT2D eigenvalue weighted by atomic mass is 10.2. The van der Waals surface area contributed by atoms with Crippen LogP contribution in [0.3, 0.4) is 0 Å². The molecule has 24 heavy (non-hydrogen) atoms. The molecule has 8 nitrogen and oxygen atoms in total. The third-order valence-corrected chi connectivity index (χ3v) is 3.82. The van der Waals surface area contributed by atoms with Gasteiger partial charge in [0, 0.05) is 25.8 Å². The number of anilines is 2. The smallest absolute Gasteiger partial charge is 0.295 e. The maximum atomic E-state index is 13.2. The van der Waals surface area contributed by atoms with Gasteiger partial charge in [0.25, 0.3) is 5.69 Å². The minimum atomic E-state index is -0.645. The van der Waals surface area contributed by atoms with Crippen LogP contribution in [0, 0.1) is 15.9 Å². The van der Waals surface area contributed by atoms with E-state index in [4.69, 9.17) is 4.74 Å². The molecule has 0 atom stereocenters. The molecule has 0 aliphatic carbocycles. The second-order valence-electron chi connectivity index (χ2n) is 5.49. The molecule has 1 aromatic heterocycles. The molecule has 0 radical (unpaired) electrons. The normalized spacial score (nSPS) is 15.4. The van der Waals surface area contributed by atoms with Crippen LogP contribution in [-0.4, -0.2) is 52.5 Å². The van der Waals surface area contributed by atoms with Crippen LogP contribution >= 0.6 is 0 Å². The third kappa shape index (κ3) is 4.06. The fourth-order valence-corrected chi connectivity index (χ4v) is 2.54. The molecule has 0 amide bonds. The Morgan fingerprint density at radius 1 is 1.33 bits per heavy atom. The Labute approximate surface area is 138 Å². The number of aromatic nitrogens is 2. The maximum Gasteiger partial charge on any atom is 0.295 e. The van der Waals surface area contributed by atoms with Gasteiger partial charge in [-0.25, -0.2) is 4.39 Å². The highest BCUT2D eigenvalue weighted by molar-refractivity contribution is 5.68. The summed E-state index contributed by atoms with van der Waals surface area (Å²) in [7, 11) is 0. The summed E-state index contributed by atoms with van der Waals surface area (Å²) in [5.41, 5.74) is 0.539. The van der Waals surface area contributed by atoms with Crippen LogP contribution in [0.25, 0.3) is 0 Å². The van der Waals surface area contributed by atoms with E-state index in [9.17, 15) is 14.5 Å². The van der Waals surface area contributed by atoms with Crippen LogP contribution in [0.4, 0.5) is 21.5 Å². The lowest BCUT2D eigenvalue weighted by Gasteiger charge is -2.26. The Kier molecular flexibility index (Phi) is 5.02. The standard InChI is InChI=1S/C15H18FN5O3/c16-12-1-2-14(15(9-12)21(22)23)18-13-10-17-20(11-13)4-3-19-5-7-24-8-6-19/h1-2,9-11,18H,3-8H2. The zero-order valence-corrected chi connectivity index (χ0v) is 13.0. The van der Waals surface area contributed by atoms with E-state index < -0.39 is 10.7 Å². The number of benzene rings is 1. The van der Waals surface area contributed by atoms with Crippen molar-refractivity contribution in [2.24, 2.45) is 0 Å². The Hall–Kier alpha value is -2.52. The van der Waals surface area contributed by atoms with Gasteiger partial charge in [0.1, 0.15) is 11.5 Å². The molecule has 1 aliphatic heterocycles. The molecule has 2 heterocycles. The minimum Gasteiger partial charge on any atom is -0.379 e. The third-order valence-electron chi connectivity index (χ3n) is 3.82. The molecule has 0 unspecified atom stereocenters. The van der Waals surface area contributed by atoms with Crippen molar-refractivity contribution in [1.82, 2.24) is 14.7 Å². The molecule has 9 heteroatoms. The van der Waals surface area contributed by atoms with Crippen molar-refractivity contribution >= 4 is 17.1 Å². The Bertz CT molecular complexity index is 715. The van der Waals surface area contributed by atoms with E-state index >= 15 is 0 Å². The number of hydrogen-bond acceptors (Lipinski definition) is 6. The number of ether oxygens (including phenoxy) is 1. The van der Waals surface area contributed by atoms with Crippen LogP contribution in [0.15, 0.2) is 30.6 Å². The van der Waals surface area contributed by atoms with Crippen molar-refractivity contribution in [3.05, 3.63) is 46.5 Å². The van der Waals surface area contributed by atoms with Crippen LogP contribution in [0.2, 0.25) is 0 Å². The van der Waals surface area contributed by atoms with E-state index in [1.54, 1.807) is 17.1 Å². The predicted molar refractivity (Wildman–Crippen MR) is 85.8 cm³/mol. The van der Waals surface area contributed by atoms with Crippen molar-refractivity contribution in [2.75, 3.05) is 38.2 Å². The SMILES string of the molecule is O=[N+]([O-])c1cc(F)ccc1Nc1cnn(CCN2CCOCC2)c1. The largest absolute Gasteiger partial charge is 0.379 e. The molecule has 1 N–H and O–H groups in total. The van der Waals surface area contributed by atoms with Crippen LogP contribution < -0.4 is 5.32 Å². The van der Waals surface area contributed by atoms with Gasteiger partial charge >= 0.3 is 0 Å². The highest BCUT2D eigenvalue weighted by Crippen LogP contribution is 2.27. The summed E-state index contributed by atoms with van der Waals surface area (Å²) in [5.74, 6) is -0.645. The Morgan fingerprint density at radius 3 is 2.88 bits per heavy atom. The number of morpholine rings is 1. The average molecular weight is 335 g/mol. The number of nitrogens with one attached hydrogen (secondary N) is 1. The predicted octanol–water partition coefficient (Wildman–Crippen LogP) is 2.01. The van der Waals surface area contributed by atoms with E-state index in [1.807, 2.05) is 0 Å². The van der Waals surface area contributed by atoms with Crippen molar-refractivity contribution in [2.45, 2.75) is 6.54 Å². The lowest BCUT2D eigenvalue weighted by molar-refractivity contribution is -0.384. The van der Waals surface area contributed by atoms with Gasteiger partial charge in [0.15, 0.2) is 0 Å². The van der Waals surface area contributed by atoms with Crippen LogP contribution in [0.1, 0.15) is 0 Å². The molecule has 1 aromatic carbocycles. The molecule has 0 saturated carbocycles. The highest BCUT2D eigenvalue weighted by Gasteiger charge is 2.16. The summed E-state index contributed by atoms with van der Waals surface area (Å²) in [6, 6.07) is 3.42. The summed E-state index contributed by atoms with van der Waals surface area (Å²) < 4.78 is 20.2. The minimum absolute atomic E-state index is 0.231. The molecule has 0 spiro atoms. The van der Waals surface area contributed by atoms with Gasteiger partial charge in [-0.1, -0.05) is 0 Å². The van der Waals surface area contributed by atoms with Crippen molar-refractivity contribution in [1.29, 1.82) is 0 Å². The second kappa shape index (κ2) is 7.37. The lowest BCUT2D eigenvalue weighted by Crippen LogP contribution is -2.38. The van der Waals surface area contributed by atoms with Crippen LogP contribution in [0.5, 0.6) is 0 Å². The maximum absolute atomic E-state index is 13.2. The summed E-state index contributed by atoms with van der Waals surface area (Å²) in [5, 5.41) is 18.2. The van der Waals surface area contributed by atoms with Gasteiger partial charge in [0.2, 0.25) is 0 Å². The van der Waals surface area contributed by atoms with Gasteiger partial charge in [-0.2, -0.15) is 5.10 Å². The molecule has 128 valence electrons. The first-order chi connectivity index (χ1) is 11.6. The van der Waals surface area contributed by atoms with Crippen molar-refractivity contribution in [3.8, 4) is 0 Å². The summed E-state index contributed by atoms with van der Waals surface area (Å²) in [4.78, 5) is 12.7. The quantitative estimate of drug-likeness (QED) is 0.642. The number of nitro groups is 1. The molecule has 2 aromatic rings. The van der Waals surface area contributed by atoms with Gasteiger partial charge < -0.3 is 10.1 Å². The summed E-state index contributed by atoms with van der Waals surface area (Å²) >= 11 is 0. The van der Waals surface area contributed by atoms with E-state index in [1.165, 1.54) is 12.1 Å². The topological polar surface area (TPSA) is 85.5 Å².